The lowest BCUT2D eigenvalue weighted by Crippen LogP contribution is -2.06. The van der Waals surface area contributed by atoms with E-state index in [0.717, 1.165) is 0 Å². The zero-order valence-corrected chi connectivity index (χ0v) is 6.25. The van der Waals surface area contributed by atoms with Crippen molar-refractivity contribution in [1.29, 1.82) is 0 Å². The molecule has 1 rings (SSSR count). The molecule has 0 bridgehead atoms. The normalized spacial score (nSPS) is 21.3. The molecule has 9 heavy (non-hydrogen) atoms. The molecule has 0 saturated heterocycles. The van der Waals surface area contributed by atoms with Crippen LogP contribution in [-0.4, -0.2) is 9.58 Å². The zero-order chi connectivity index (χ0) is 6.53. The van der Waals surface area contributed by atoms with Gasteiger partial charge in [-0.1, -0.05) is 19.3 Å². The Morgan fingerprint density at radius 1 is 1.22 bits per heavy atom. The van der Waals surface area contributed by atoms with Gasteiger partial charge in [0.2, 0.25) is 0 Å². The average Bonchev–Trinajstić information content (AvgIpc) is 1.91. The predicted molar refractivity (Wildman–Crippen MR) is 39.7 cm³/mol. The summed E-state index contributed by atoms with van der Waals surface area (Å²) < 4.78 is 10.0. The Hall–Kier alpha value is -0.110. The van der Waals surface area contributed by atoms with Gasteiger partial charge in [0.25, 0.3) is 0 Å². The van der Waals surface area contributed by atoms with E-state index in [1.807, 2.05) is 0 Å². The highest BCUT2D eigenvalue weighted by Gasteiger charge is 2.10. The van der Waals surface area contributed by atoms with Crippen molar-refractivity contribution in [3.05, 3.63) is 0 Å². The topological polar surface area (TPSA) is 17.1 Å². The molecule has 0 N–H and O–H groups in total. The Balaban J connectivity index is 2.31. The quantitative estimate of drug-likeness (QED) is 0.508. The van der Waals surface area contributed by atoms with Gasteiger partial charge in [0.05, 0.1) is 16.6 Å². The molecule has 1 nitrogen and oxygen atoms in total. The van der Waals surface area contributed by atoms with Crippen LogP contribution in [0.15, 0.2) is 0 Å². The summed E-state index contributed by atoms with van der Waals surface area (Å²) in [7, 11) is 0. The standard InChI is InChI=1S/C7H11OS/c8-9-6-7-4-2-1-3-5-7/h7H,1-5H2. The van der Waals surface area contributed by atoms with Crippen LogP contribution in [0.4, 0.5) is 0 Å². The van der Waals surface area contributed by atoms with E-state index in [2.05, 4.69) is 5.37 Å². The largest absolute Gasteiger partial charge is 0.212 e. The lowest BCUT2D eigenvalue weighted by molar-refractivity contribution is 0.447. The molecule has 0 aromatic heterocycles. The van der Waals surface area contributed by atoms with Crippen molar-refractivity contribution in [2.75, 3.05) is 0 Å². The fourth-order valence-corrected chi connectivity index (χ4v) is 1.66. The lowest BCUT2D eigenvalue weighted by Gasteiger charge is -2.15. The van der Waals surface area contributed by atoms with E-state index in [1.165, 1.54) is 32.1 Å². The van der Waals surface area contributed by atoms with E-state index in [4.69, 9.17) is 0 Å². The Morgan fingerprint density at radius 2 is 1.89 bits per heavy atom. The van der Waals surface area contributed by atoms with E-state index in [1.54, 1.807) is 0 Å². The van der Waals surface area contributed by atoms with Crippen molar-refractivity contribution in [1.82, 2.24) is 0 Å². The van der Waals surface area contributed by atoms with Gasteiger partial charge in [-0.15, -0.1) is 0 Å². The molecule has 0 unspecified atom stereocenters. The van der Waals surface area contributed by atoms with Gasteiger partial charge in [-0.05, 0) is 18.8 Å². The van der Waals surface area contributed by atoms with Crippen LogP contribution in [0.25, 0.3) is 0 Å². The zero-order valence-electron chi connectivity index (χ0n) is 5.43. The number of hydrogen-bond acceptors (Lipinski definition) is 1. The molecule has 1 saturated carbocycles. The molecule has 1 fully saturated rings. The molecular formula is C7H11OS. The molecule has 0 aromatic rings. The second-order valence-corrected chi connectivity index (χ2v) is 2.94. The maximum absolute atomic E-state index is 10.0. The molecule has 0 aromatic carbocycles. The van der Waals surface area contributed by atoms with Crippen LogP contribution >= 0.6 is 0 Å². The van der Waals surface area contributed by atoms with E-state index in [0.29, 0.717) is 17.2 Å². The third kappa shape index (κ3) is 2.31. The first-order valence-electron chi connectivity index (χ1n) is 3.48. The van der Waals surface area contributed by atoms with Crippen molar-refractivity contribution in [3.63, 3.8) is 0 Å². The Labute approximate surface area is 59.5 Å². The van der Waals surface area contributed by atoms with Crippen LogP contribution in [0, 0.1) is 5.92 Å². The third-order valence-corrected chi connectivity index (χ3v) is 2.25. The summed E-state index contributed by atoms with van der Waals surface area (Å²) in [6, 6.07) is 0. The van der Waals surface area contributed by atoms with Crippen molar-refractivity contribution in [3.8, 4) is 0 Å². The van der Waals surface area contributed by atoms with Crippen LogP contribution in [0.1, 0.15) is 32.1 Å². The molecule has 1 radical (unpaired) electrons. The summed E-state index contributed by atoms with van der Waals surface area (Å²) in [6.45, 7) is 0. The maximum atomic E-state index is 10.0. The van der Waals surface area contributed by atoms with E-state index in [9.17, 15) is 4.21 Å². The summed E-state index contributed by atoms with van der Waals surface area (Å²) in [5, 5.41) is 2.85. The predicted octanol–water partition coefficient (Wildman–Crippen LogP) is 1.46. The second-order valence-electron chi connectivity index (χ2n) is 2.54. The molecule has 0 heterocycles. The summed E-state index contributed by atoms with van der Waals surface area (Å²) in [6.07, 6.45) is 6.31. The van der Waals surface area contributed by atoms with Crippen molar-refractivity contribution in [2.45, 2.75) is 32.1 Å². The van der Waals surface area contributed by atoms with Crippen LogP contribution in [0.5, 0.6) is 0 Å². The lowest BCUT2D eigenvalue weighted by atomic mass is 9.91. The molecule has 1 aliphatic rings. The molecule has 2 heteroatoms. The van der Waals surface area contributed by atoms with Gasteiger partial charge in [-0.3, -0.25) is 0 Å². The Morgan fingerprint density at radius 3 is 2.44 bits per heavy atom. The van der Waals surface area contributed by atoms with Crippen LogP contribution in [0.2, 0.25) is 0 Å². The van der Waals surface area contributed by atoms with Crippen LogP contribution < -0.4 is 0 Å². The Bertz CT molecular complexity index is 121. The summed E-state index contributed by atoms with van der Waals surface area (Å²) in [5.41, 5.74) is 0. The molecule has 0 amide bonds. The van der Waals surface area contributed by atoms with Crippen molar-refractivity contribution >= 4 is 16.6 Å². The molecule has 0 atom stereocenters. The molecule has 1 aliphatic carbocycles. The minimum absolute atomic E-state index is 0.501. The van der Waals surface area contributed by atoms with E-state index in [-0.39, 0.29) is 0 Å². The Kier molecular flexibility index (Phi) is 2.98. The fraction of sp³-hybridized carbons (Fsp3) is 0.857. The van der Waals surface area contributed by atoms with E-state index >= 15 is 0 Å². The minimum atomic E-state index is 0.501. The van der Waals surface area contributed by atoms with Gasteiger partial charge in [0.1, 0.15) is 0 Å². The average molecular weight is 143 g/mol. The van der Waals surface area contributed by atoms with Gasteiger partial charge >= 0.3 is 0 Å². The highest BCUT2D eigenvalue weighted by Crippen LogP contribution is 2.21. The number of hydrogen-bond donors (Lipinski definition) is 0. The number of rotatable bonds is 1. The van der Waals surface area contributed by atoms with E-state index < -0.39 is 0 Å². The van der Waals surface area contributed by atoms with Gasteiger partial charge in [-0.25, -0.2) is 4.21 Å². The first-order valence-corrected chi connectivity index (χ1v) is 4.22. The van der Waals surface area contributed by atoms with Gasteiger partial charge in [0, 0.05) is 0 Å². The smallest absolute Gasteiger partial charge is 0.0936 e. The first-order chi connectivity index (χ1) is 4.43. The molecular weight excluding hydrogens is 132 g/mol. The second kappa shape index (κ2) is 3.83. The summed E-state index contributed by atoms with van der Waals surface area (Å²) in [5.74, 6) is 0.501. The van der Waals surface area contributed by atoms with Crippen molar-refractivity contribution < 1.29 is 4.21 Å². The maximum Gasteiger partial charge on any atom is 0.0936 e. The third-order valence-electron chi connectivity index (χ3n) is 1.82. The highest BCUT2D eigenvalue weighted by molar-refractivity contribution is 7.64. The molecule has 0 aliphatic heterocycles. The monoisotopic (exact) mass is 143 g/mol. The fourth-order valence-electron chi connectivity index (χ4n) is 1.29. The van der Waals surface area contributed by atoms with Crippen LogP contribution in [0.3, 0.4) is 0 Å². The summed E-state index contributed by atoms with van der Waals surface area (Å²) in [4.78, 5) is 0. The van der Waals surface area contributed by atoms with Gasteiger partial charge in [0.15, 0.2) is 0 Å². The summed E-state index contributed by atoms with van der Waals surface area (Å²) >= 11 is 0.508. The van der Waals surface area contributed by atoms with Crippen LogP contribution in [-0.2, 0) is 11.3 Å². The highest BCUT2D eigenvalue weighted by atomic mass is 32.1. The first kappa shape index (κ1) is 7.00. The van der Waals surface area contributed by atoms with Gasteiger partial charge < -0.3 is 0 Å². The van der Waals surface area contributed by atoms with Crippen molar-refractivity contribution in [2.24, 2.45) is 5.92 Å². The molecule has 51 valence electrons. The molecule has 0 spiro atoms. The SMILES string of the molecule is O=S=[C]C1CCCCC1. The minimum Gasteiger partial charge on any atom is -0.212 e. The van der Waals surface area contributed by atoms with Gasteiger partial charge in [-0.2, -0.15) is 0 Å².